The van der Waals surface area contributed by atoms with Gasteiger partial charge in [-0.25, -0.2) is 8.78 Å². The maximum atomic E-state index is 14.0. The van der Waals surface area contributed by atoms with E-state index >= 15 is 0 Å². The number of ether oxygens (including phenoxy) is 1. The van der Waals surface area contributed by atoms with Crippen molar-refractivity contribution in [1.82, 2.24) is 5.32 Å². The number of benzene rings is 2. The number of nitrogens with two attached hydrogens (primary N) is 1. The third-order valence-electron chi connectivity index (χ3n) is 4.56. The lowest BCUT2D eigenvalue weighted by Gasteiger charge is -2.20. The Labute approximate surface area is 175 Å². The maximum Gasteiger partial charge on any atom is 0.310 e. The molecule has 3 N–H and O–H groups in total. The third kappa shape index (κ3) is 7.38. The smallest absolute Gasteiger partial charge is 0.310 e. The van der Waals surface area contributed by atoms with Gasteiger partial charge >= 0.3 is 5.97 Å². The molecule has 0 aliphatic heterocycles. The van der Waals surface area contributed by atoms with E-state index in [2.05, 4.69) is 5.32 Å². The van der Waals surface area contributed by atoms with Crippen LogP contribution in [0, 0.1) is 11.7 Å². The van der Waals surface area contributed by atoms with Gasteiger partial charge in [-0.1, -0.05) is 35.9 Å². The number of halogens is 3. The molecule has 0 fully saturated rings. The molecule has 2 rings (SSSR count). The van der Waals surface area contributed by atoms with Crippen LogP contribution in [-0.4, -0.2) is 38.4 Å². The molecule has 0 bridgehead atoms. The zero-order valence-corrected chi connectivity index (χ0v) is 17.2. The third-order valence-corrected chi connectivity index (χ3v) is 4.80. The van der Waals surface area contributed by atoms with Gasteiger partial charge in [0.05, 0.1) is 12.5 Å². The van der Waals surface area contributed by atoms with Crippen LogP contribution >= 0.6 is 11.6 Å². The number of carbonyl (C=O) groups is 1. The molecule has 0 unspecified atom stereocenters. The number of hydrogen-bond acceptors (Lipinski definition) is 4. The van der Waals surface area contributed by atoms with Crippen molar-refractivity contribution in [2.75, 3.05) is 26.4 Å². The van der Waals surface area contributed by atoms with E-state index in [9.17, 15) is 13.6 Å². The fourth-order valence-corrected chi connectivity index (χ4v) is 3.33. The summed E-state index contributed by atoms with van der Waals surface area (Å²) in [6, 6.07) is 11.6. The molecule has 0 spiro atoms. The molecule has 0 heterocycles. The summed E-state index contributed by atoms with van der Waals surface area (Å²) in [5.74, 6) is -1.10. The Morgan fingerprint density at radius 1 is 1.24 bits per heavy atom. The normalized spacial score (nSPS) is 13.1. The molecule has 2 aromatic carbocycles. The van der Waals surface area contributed by atoms with Crippen molar-refractivity contribution < 1.29 is 18.3 Å². The summed E-state index contributed by atoms with van der Waals surface area (Å²) in [5, 5.41) is 3.37. The largest absolute Gasteiger partial charge is 0.466 e. The summed E-state index contributed by atoms with van der Waals surface area (Å²) < 4.78 is 31.4. The number of nitrogens with one attached hydrogen (secondary N) is 1. The van der Waals surface area contributed by atoms with Gasteiger partial charge in [0.2, 0.25) is 0 Å². The van der Waals surface area contributed by atoms with Crippen LogP contribution in [0.25, 0.3) is 11.1 Å². The molecule has 0 amide bonds. The van der Waals surface area contributed by atoms with Crippen molar-refractivity contribution in [2.45, 2.75) is 25.8 Å². The van der Waals surface area contributed by atoms with E-state index in [1.165, 1.54) is 12.1 Å². The van der Waals surface area contributed by atoms with E-state index in [0.717, 1.165) is 11.1 Å². The molecule has 2 aromatic rings. The molecule has 7 heteroatoms. The van der Waals surface area contributed by atoms with Crippen molar-refractivity contribution in [2.24, 2.45) is 11.7 Å². The Hall–Kier alpha value is -2.02. The number of carbonyl (C=O) groups excluding carboxylic acids is 1. The van der Waals surface area contributed by atoms with Gasteiger partial charge in [0.1, 0.15) is 12.5 Å². The number of alkyl halides is 1. The zero-order valence-electron chi connectivity index (χ0n) is 16.5. The van der Waals surface area contributed by atoms with E-state index in [4.69, 9.17) is 22.1 Å². The van der Waals surface area contributed by atoms with E-state index < -0.39 is 12.6 Å². The monoisotopic (exact) mass is 424 g/mol. The van der Waals surface area contributed by atoms with Crippen LogP contribution in [-0.2, 0) is 16.0 Å². The molecular formula is C22H27ClF2N2O2. The van der Waals surface area contributed by atoms with Crippen LogP contribution in [0.4, 0.5) is 8.78 Å². The average Bonchev–Trinajstić information content (AvgIpc) is 2.70. The Morgan fingerprint density at radius 3 is 2.62 bits per heavy atom. The summed E-state index contributed by atoms with van der Waals surface area (Å²) in [6.07, 6.45) is 0.972. The molecule has 0 saturated heterocycles. The Kier molecular flexibility index (Phi) is 9.51. The molecule has 158 valence electrons. The standard InChI is InChI=1S/C22H27ClF2N2O2/c1-2-29-22(28)17(14-27-10-9-24)12-19(26)11-15-3-5-16(6-4-15)20-13-18(23)7-8-21(20)25/h3-8,13,17,19,27H,2,9-12,14,26H2,1H3/t17-,19+/m0/s1. The Bertz CT molecular complexity index is 787. The van der Waals surface area contributed by atoms with Crippen LogP contribution in [0.5, 0.6) is 0 Å². The van der Waals surface area contributed by atoms with Gasteiger partial charge in [0.25, 0.3) is 0 Å². The highest BCUT2D eigenvalue weighted by atomic mass is 35.5. The minimum Gasteiger partial charge on any atom is -0.466 e. The molecule has 0 aliphatic carbocycles. The van der Waals surface area contributed by atoms with Crippen LogP contribution < -0.4 is 11.1 Å². The number of hydrogen-bond donors (Lipinski definition) is 2. The summed E-state index contributed by atoms with van der Waals surface area (Å²) in [4.78, 5) is 12.1. The lowest BCUT2D eigenvalue weighted by atomic mass is 9.94. The predicted molar refractivity (Wildman–Crippen MR) is 112 cm³/mol. The number of esters is 1. The first-order valence-electron chi connectivity index (χ1n) is 9.67. The van der Waals surface area contributed by atoms with E-state index in [0.29, 0.717) is 30.0 Å². The average molecular weight is 425 g/mol. The molecule has 29 heavy (non-hydrogen) atoms. The molecule has 2 atom stereocenters. The maximum absolute atomic E-state index is 14.0. The minimum atomic E-state index is -0.499. The quantitative estimate of drug-likeness (QED) is 0.420. The van der Waals surface area contributed by atoms with Gasteiger partial charge in [-0.2, -0.15) is 0 Å². The van der Waals surface area contributed by atoms with Gasteiger partial charge in [-0.05, 0) is 49.1 Å². The predicted octanol–water partition coefficient (Wildman–Crippen LogP) is 4.14. The van der Waals surface area contributed by atoms with E-state index in [1.54, 1.807) is 13.0 Å². The van der Waals surface area contributed by atoms with Crippen molar-refractivity contribution in [3.63, 3.8) is 0 Å². The second kappa shape index (κ2) is 11.9. The molecule has 0 saturated carbocycles. The van der Waals surface area contributed by atoms with Gasteiger partial charge in [0, 0.05) is 29.7 Å². The van der Waals surface area contributed by atoms with Crippen molar-refractivity contribution >= 4 is 17.6 Å². The van der Waals surface area contributed by atoms with Crippen LogP contribution in [0.3, 0.4) is 0 Å². The second-order valence-corrected chi connectivity index (χ2v) is 7.30. The van der Waals surface area contributed by atoms with Gasteiger partial charge in [-0.3, -0.25) is 4.79 Å². The van der Waals surface area contributed by atoms with Crippen molar-refractivity contribution in [3.05, 3.63) is 58.9 Å². The topological polar surface area (TPSA) is 64.3 Å². The van der Waals surface area contributed by atoms with Crippen LogP contribution in [0.15, 0.2) is 42.5 Å². The summed E-state index contributed by atoms with van der Waals surface area (Å²) in [5.41, 5.74) is 8.39. The van der Waals surface area contributed by atoms with E-state index in [-0.39, 0.29) is 31.0 Å². The molecule has 0 aromatic heterocycles. The summed E-state index contributed by atoms with van der Waals surface area (Å²) >= 11 is 5.96. The SMILES string of the molecule is CCOC(=O)[C@H](CNCCF)C[C@H](N)Cc1ccc(-c2cc(Cl)ccc2F)cc1. The summed E-state index contributed by atoms with van der Waals surface area (Å²) in [7, 11) is 0. The van der Waals surface area contributed by atoms with Crippen molar-refractivity contribution in [3.8, 4) is 11.1 Å². The first-order chi connectivity index (χ1) is 13.9. The van der Waals surface area contributed by atoms with Crippen molar-refractivity contribution in [1.29, 1.82) is 0 Å². The van der Waals surface area contributed by atoms with Gasteiger partial charge in [-0.15, -0.1) is 0 Å². The summed E-state index contributed by atoms with van der Waals surface area (Å²) in [6.45, 7) is 2.04. The zero-order chi connectivity index (χ0) is 21.2. The lowest BCUT2D eigenvalue weighted by molar-refractivity contribution is -0.148. The van der Waals surface area contributed by atoms with Gasteiger partial charge < -0.3 is 15.8 Å². The number of rotatable bonds is 11. The Balaban J connectivity index is 2.00. The van der Waals surface area contributed by atoms with Crippen LogP contribution in [0.2, 0.25) is 5.02 Å². The molecule has 0 radical (unpaired) electrons. The molecule has 4 nitrogen and oxygen atoms in total. The lowest BCUT2D eigenvalue weighted by Crippen LogP contribution is -2.36. The molecule has 0 aliphatic rings. The van der Waals surface area contributed by atoms with E-state index in [1.807, 2.05) is 24.3 Å². The highest BCUT2D eigenvalue weighted by molar-refractivity contribution is 6.30. The van der Waals surface area contributed by atoms with Gasteiger partial charge in [0.15, 0.2) is 0 Å². The highest BCUT2D eigenvalue weighted by Gasteiger charge is 2.22. The first-order valence-corrected chi connectivity index (χ1v) is 10.1. The molecular weight excluding hydrogens is 398 g/mol. The first kappa shape index (κ1) is 23.3. The highest BCUT2D eigenvalue weighted by Crippen LogP contribution is 2.26. The minimum absolute atomic E-state index is 0.187. The fourth-order valence-electron chi connectivity index (χ4n) is 3.16. The van der Waals surface area contributed by atoms with Crippen LogP contribution in [0.1, 0.15) is 18.9 Å². The fraction of sp³-hybridized carbons (Fsp3) is 0.409. The Morgan fingerprint density at radius 2 is 1.97 bits per heavy atom. The second-order valence-electron chi connectivity index (χ2n) is 6.86.